The van der Waals surface area contributed by atoms with Gasteiger partial charge in [-0.25, -0.2) is 0 Å². The van der Waals surface area contributed by atoms with Crippen LogP contribution in [0.4, 0.5) is 0 Å². The van der Waals surface area contributed by atoms with Gasteiger partial charge in [0, 0.05) is 58.2 Å². The van der Waals surface area contributed by atoms with Gasteiger partial charge in [-0.2, -0.15) is 0 Å². The van der Waals surface area contributed by atoms with Gasteiger partial charge in [-0.3, -0.25) is 33.8 Å². The summed E-state index contributed by atoms with van der Waals surface area (Å²) in [6.07, 6.45) is 2.99. The first-order valence-electron chi connectivity index (χ1n) is 10.8. The Bertz CT molecular complexity index is 761. The maximum atomic E-state index is 12.6. The third kappa shape index (κ3) is 12.0. The van der Waals surface area contributed by atoms with E-state index in [0.29, 0.717) is 0 Å². The van der Waals surface area contributed by atoms with E-state index in [9.17, 15) is 34.2 Å². The molecule has 1 amide bonds. The second-order valence-electron chi connectivity index (χ2n) is 7.77. The van der Waals surface area contributed by atoms with Crippen LogP contribution in [0.15, 0.2) is 12.4 Å². The molecule has 0 saturated carbocycles. The summed E-state index contributed by atoms with van der Waals surface area (Å²) in [5.74, 6) is -4.78. The molecule has 1 rings (SSSR count). The summed E-state index contributed by atoms with van der Waals surface area (Å²) in [5.41, 5.74) is 0. The summed E-state index contributed by atoms with van der Waals surface area (Å²) < 4.78 is 0. The molecular weight excluding hydrogens is 454 g/mol. The number of rotatable bonds is 11. The first-order valence-corrected chi connectivity index (χ1v) is 10.8. The zero-order chi connectivity index (χ0) is 25.7. The minimum absolute atomic E-state index is 0.176. The van der Waals surface area contributed by atoms with Crippen molar-refractivity contribution in [2.24, 2.45) is 0 Å². The van der Waals surface area contributed by atoms with Crippen molar-refractivity contribution in [1.29, 1.82) is 0 Å². The summed E-state index contributed by atoms with van der Waals surface area (Å²) in [6.45, 7) is 1.68. The molecule has 14 heteroatoms. The van der Waals surface area contributed by atoms with Gasteiger partial charge >= 0.3 is 23.9 Å². The second-order valence-corrected chi connectivity index (χ2v) is 7.77. The minimum Gasteiger partial charge on any atom is -0.480 e. The number of hydrogen-bond donors (Lipinski definition) is 4. The SMILES string of the molecule is CCN(CC(=O)O)C(=O)CN1/C=C\N(CC(=O)O)CCN(CC(=O)O)CCN(CC(=O)O)CC1. The Morgan fingerprint density at radius 3 is 1.44 bits per heavy atom. The smallest absolute Gasteiger partial charge is 0.323 e. The first kappa shape index (κ1) is 28.6. The Labute approximate surface area is 197 Å². The number of aliphatic carboxylic acids is 4. The monoisotopic (exact) mass is 487 g/mol. The number of nitrogens with zero attached hydrogens (tertiary/aromatic N) is 5. The van der Waals surface area contributed by atoms with Gasteiger partial charge in [0.1, 0.15) is 13.1 Å². The molecule has 1 heterocycles. The van der Waals surface area contributed by atoms with Crippen molar-refractivity contribution < 1.29 is 44.4 Å². The molecule has 14 nitrogen and oxygen atoms in total. The zero-order valence-electron chi connectivity index (χ0n) is 19.2. The molecule has 34 heavy (non-hydrogen) atoms. The number of hydrogen-bond acceptors (Lipinski definition) is 9. The van der Waals surface area contributed by atoms with E-state index in [1.54, 1.807) is 21.6 Å². The predicted octanol–water partition coefficient (Wildman–Crippen LogP) is -2.13. The highest BCUT2D eigenvalue weighted by molar-refractivity contribution is 5.82. The van der Waals surface area contributed by atoms with E-state index in [4.69, 9.17) is 10.2 Å². The minimum atomic E-state index is -1.15. The standard InChI is InChI=1S/C20H33N5O9/c1-2-25(15-20(33)34)16(26)11-21-3-5-22(12-17(27)28)7-9-24(14-19(31)32)10-8-23(6-4-21)13-18(29)30/h3,5H,2,4,6-15H2,1H3,(H,27,28)(H,29,30)(H,31,32)(H,33,34)/b5-3-. The molecule has 0 fully saturated rings. The third-order valence-electron chi connectivity index (χ3n) is 5.08. The van der Waals surface area contributed by atoms with Crippen molar-refractivity contribution in [2.45, 2.75) is 6.92 Å². The van der Waals surface area contributed by atoms with Crippen molar-refractivity contribution in [1.82, 2.24) is 24.5 Å². The van der Waals surface area contributed by atoms with Crippen molar-refractivity contribution >= 4 is 29.8 Å². The van der Waals surface area contributed by atoms with Crippen LogP contribution in [-0.2, 0) is 24.0 Å². The van der Waals surface area contributed by atoms with E-state index in [0.717, 1.165) is 0 Å². The highest BCUT2D eigenvalue weighted by Crippen LogP contribution is 2.03. The van der Waals surface area contributed by atoms with E-state index < -0.39 is 36.3 Å². The van der Waals surface area contributed by atoms with Gasteiger partial charge in [-0.1, -0.05) is 0 Å². The number of carbonyl (C=O) groups is 5. The maximum absolute atomic E-state index is 12.6. The highest BCUT2D eigenvalue weighted by Gasteiger charge is 2.20. The van der Waals surface area contributed by atoms with Gasteiger partial charge in [-0.05, 0) is 6.92 Å². The quantitative estimate of drug-likeness (QED) is 0.248. The zero-order valence-corrected chi connectivity index (χ0v) is 19.2. The second kappa shape index (κ2) is 14.7. The first-order chi connectivity index (χ1) is 16.0. The fraction of sp³-hybridized carbons (Fsp3) is 0.650. The van der Waals surface area contributed by atoms with Gasteiger partial charge in [0.2, 0.25) is 5.91 Å². The topological polar surface area (TPSA) is 182 Å². The van der Waals surface area contributed by atoms with Crippen LogP contribution in [0.3, 0.4) is 0 Å². The molecule has 0 aromatic rings. The van der Waals surface area contributed by atoms with E-state index in [1.807, 2.05) is 0 Å². The van der Waals surface area contributed by atoms with Crippen LogP contribution in [-0.4, -0.2) is 153 Å². The molecule has 0 aromatic heterocycles. The molecule has 1 aliphatic heterocycles. The van der Waals surface area contributed by atoms with Crippen LogP contribution < -0.4 is 0 Å². The molecule has 0 aliphatic carbocycles. The Kier molecular flexibility index (Phi) is 12.4. The Hall–Kier alpha value is -3.39. The summed E-state index contributed by atoms with van der Waals surface area (Å²) >= 11 is 0. The van der Waals surface area contributed by atoms with Crippen molar-refractivity contribution in [3.8, 4) is 0 Å². The summed E-state index contributed by atoms with van der Waals surface area (Å²) in [7, 11) is 0. The summed E-state index contributed by atoms with van der Waals surface area (Å²) in [6, 6.07) is 0. The fourth-order valence-electron chi connectivity index (χ4n) is 3.33. The molecule has 0 saturated heterocycles. The predicted molar refractivity (Wildman–Crippen MR) is 118 cm³/mol. The Morgan fingerprint density at radius 2 is 1.06 bits per heavy atom. The number of amides is 1. The largest absolute Gasteiger partial charge is 0.480 e. The van der Waals surface area contributed by atoms with Gasteiger partial charge in [0.25, 0.3) is 0 Å². The number of carbonyl (C=O) groups excluding carboxylic acids is 1. The van der Waals surface area contributed by atoms with Gasteiger partial charge in [0.15, 0.2) is 0 Å². The van der Waals surface area contributed by atoms with Crippen LogP contribution in [0.1, 0.15) is 6.92 Å². The molecular formula is C20H33N5O9. The van der Waals surface area contributed by atoms with E-state index in [-0.39, 0.29) is 72.0 Å². The average Bonchev–Trinajstić information content (AvgIpc) is 2.72. The fourth-order valence-corrected chi connectivity index (χ4v) is 3.33. The van der Waals surface area contributed by atoms with E-state index in [1.165, 1.54) is 22.2 Å². The Morgan fingerprint density at radius 1 is 0.647 bits per heavy atom. The highest BCUT2D eigenvalue weighted by atomic mass is 16.4. The third-order valence-corrected chi connectivity index (χ3v) is 5.08. The normalized spacial score (nSPS) is 17.3. The molecule has 0 atom stereocenters. The lowest BCUT2D eigenvalue weighted by Gasteiger charge is -2.31. The molecule has 192 valence electrons. The molecule has 0 aromatic carbocycles. The summed E-state index contributed by atoms with van der Waals surface area (Å²) in [4.78, 5) is 64.8. The molecule has 4 N–H and O–H groups in total. The Balaban J connectivity index is 3.11. The van der Waals surface area contributed by atoms with Crippen LogP contribution >= 0.6 is 0 Å². The molecule has 0 radical (unpaired) electrons. The van der Waals surface area contributed by atoms with Crippen LogP contribution in [0.25, 0.3) is 0 Å². The lowest BCUT2D eigenvalue weighted by molar-refractivity contribution is -0.144. The number of likely N-dealkylation sites (N-methyl/N-ethyl adjacent to an activating group) is 1. The number of carboxylic acid groups (broad SMARTS) is 4. The lowest BCUT2D eigenvalue weighted by Crippen LogP contribution is -2.46. The van der Waals surface area contributed by atoms with E-state index in [2.05, 4.69) is 0 Å². The van der Waals surface area contributed by atoms with Crippen LogP contribution in [0.5, 0.6) is 0 Å². The molecule has 0 unspecified atom stereocenters. The average molecular weight is 488 g/mol. The molecule has 0 spiro atoms. The van der Waals surface area contributed by atoms with Crippen molar-refractivity contribution in [3.63, 3.8) is 0 Å². The van der Waals surface area contributed by atoms with Crippen LogP contribution in [0.2, 0.25) is 0 Å². The van der Waals surface area contributed by atoms with Crippen molar-refractivity contribution in [2.75, 3.05) is 78.5 Å². The van der Waals surface area contributed by atoms with Gasteiger partial charge in [-0.15, -0.1) is 0 Å². The van der Waals surface area contributed by atoms with Gasteiger partial charge < -0.3 is 35.1 Å². The van der Waals surface area contributed by atoms with Gasteiger partial charge in [0.05, 0.1) is 19.6 Å². The van der Waals surface area contributed by atoms with Crippen LogP contribution in [0, 0.1) is 0 Å². The lowest BCUT2D eigenvalue weighted by atomic mass is 10.3. The summed E-state index contributed by atoms with van der Waals surface area (Å²) in [5, 5.41) is 36.6. The molecule has 0 bridgehead atoms. The number of carboxylic acids is 4. The van der Waals surface area contributed by atoms with Crippen molar-refractivity contribution in [3.05, 3.63) is 12.4 Å². The molecule has 1 aliphatic rings. The van der Waals surface area contributed by atoms with E-state index >= 15 is 0 Å². The maximum Gasteiger partial charge on any atom is 0.323 e.